The molecule has 23 heavy (non-hydrogen) atoms. The first-order chi connectivity index (χ1) is 11.4. The van der Waals surface area contributed by atoms with Gasteiger partial charge in [0.05, 0.1) is 0 Å². The average molecular weight is 322 g/mol. The van der Waals surface area contributed by atoms with E-state index in [-0.39, 0.29) is 0 Å². The molecule has 0 aromatic carbocycles. The highest BCUT2D eigenvalue weighted by Gasteiger charge is 2.13. The molecule has 2 aliphatic carbocycles. The van der Waals surface area contributed by atoms with Gasteiger partial charge in [0.25, 0.3) is 0 Å². The van der Waals surface area contributed by atoms with E-state index in [4.69, 9.17) is 0 Å². The van der Waals surface area contributed by atoms with Crippen LogP contribution < -0.4 is 5.32 Å². The van der Waals surface area contributed by atoms with Crippen molar-refractivity contribution in [2.45, 2.75) is 128 Å². The van der Waals surface area contributed by atoms with Crippen LogP contribution in [0.25, 0.3) is 0 Å². The molecule has 0 atom stereocenters. The van der Waals surface area contributed by atoms with Crippen LogP contribution in [0, 0.1) is 5.92 Å². The first-order valence-electron chi connectivity index (χ1n) is 11.2. The van der Waals surface area contributed by atoms with E-state index >= 15 is 0 Å². The second-order valence-electron chi connectivity index (χ2n) is 8.41. The number of rotatable bonds is 4. The molecule has 1 nitrogen and oxygen atoms in total. The zero-order chi connectivity index (χ0) is 16.0. The molecule has 0 aliphatic heterocycles. The van der Waals surface area contributed by atoms with Crippen LogP contribution in [0.2, 0.25) is 0 Å². The average Bonchev–Trinajstić information content (AvgIpc) is 2.65. The Morgan fingerprint density at radius 2 is 0.870 bits per heavy atom. The lowest BCUT2D eigenvalue weighted by Gasteiger charge is -2.21. The monoisotopic (exact) mass is 321 g/mol. The van der Waals surface area contributed by atoms with Crippen LogP contribution in [-0.2, 0) is 0 Å². The summed E-state index contributed by atoms with van der Waals surface area (Å²) >= 11 is 0. The molecule has 2 fully saturated rings. The van der Waals surface area contributed by atoms with Gasteiger partial charge in [-0.15, -0.1) is 0 Å². The summed E-state index contributed by atoms with van der Waals surface area (Å²) in [5.41, 5.74) is 0. The molecule has 0 aromatic rings. The molecule has 1 N–H and O–H groups in total. The van der Waals surface area contributed by atoms with Gasteiger partial charge in [0.15, 0.2) is 0 Å². The van der Waals surface area contributed by atoms with Crippen LogP contribution in [0.4, 0.5) is 0 Å². The molecule has 136 valence electrons. The van der Waals surface area contributed by atoms with Crippen LogP contribution in [0.1, 0.15) is 122 Å². The summed E-state index contributed by atoms with van der Waals surface area (Å²) in [5.74, 6) is 1.01. The van der Waals surface area contributed by atoms with Crippen molar-refractivity contribution in [3.05, 3.63) is 0 Å². The van der Waals surface area contributed by atoms with Crippen molar-refractivity contribution in [2.24, 2.45) is 5.92 Å². The molecule has 0 aromatic heterocycles. The Bertz CT molecular complexity index is 241. The summed E-state index contributed by atoms with van der Waals surface area (Å²) in [5, 5.41) is 3.94. The maximum absolute atomic E-state index is 3.94. The van der Waals surface area contributed by atoms with Crippen molar-refractivity contribution in [1.82, 2.24) is 5.32 Å². The van der Waals surface area contributed by atoms with Crippen LogP contribution in [-0.4, -0.2) is 12.6 Å². The second-order valence-corrected chi connectivity index (χ2v) is 8.41. The molecule has 0 spiro atoms. The summed E-state index contributed by atoms with van der Waals surface area (Å²) < 4.78 is 0. The molecular weight excluding hydrogens is 278 g/mol. The SMILES string of the molecule is C1CCCCCC(CCNC2CCCCCCCC2)CCCC1. The van der Waals surface area contributed by atoms with E-state index in [9.17, 15) is 0 Å². The third kappa shape index (κ3) is 9.75. The van der Waals surface area contributed by atoms with Gasteiger partial charge in [-0.1, -0.05) is 103 Å². The first-order valence-corrected chi connectivity index (χ1v) is 11.2. The van der Waals surface area contributed by atoms with Crippen molar-refractivity contribution in [2.75, 3.05) is 6.54 Å². The number of nitrogens with one attached hydrogen (secondary N) is 1. The zero-order valence-corrected chi connectivity index (χ0v) is 15.8. The van der Waals surface area contributed by atoms with Gasteiger partial charge < -0.3 is 5.32 Å². The second kappa shape index (κ2) is 13.3. The van der Waals surface area contributed by atoms with Gasteiger partial charge in [-0.2, -0.15) is 0 Å². The summed E-state index contributed by atoms with van der Waals surface area (Å²) in [6, 6.07) is 0.829. The van der Waals surface area contributed by atoms with E-state index in [0.717, 1.165) is 12.0 Å². The minimum Gasteiger partial charge on any atom is -0.314 e. The van der Waals surface area contributed by atoms with Crippen LogP contribution in [0.5, 0.6) is 0 Å². The Morgan fingerprint density at radius 3 is 1.35 bits per heavy atom. The molecule has 0 unspecified atom stereocenters. The van der Waals surface area contributed by atoms with E-state index in [2.05, 4.69) is 5.32 Å². The maximum Gasteiger partial charge on any atom is 0.00670 e. The third-order valence-electron chi connectivity index (χ3n) is 6.32. The van der Waals surface area contributed by atoms with Crippen LogP contribution in [0.3, 0.4) is 0 Å². The van der Waals surface area contributed by atoms with Crippen molar-refractivity contribution >= 4 is 0 Å². The van der Waals surface area contributed by atoms with E-state index in [1.165, 1.54) is 129 Å². The Morgan fingerprint density at radius 1 is 0.478 bits per heavy atom. The molecule has 0 heterocycles. The van der Waals surface area contributed by atoms with E-state index < -0.39 is 0 Å². The lowest BCUT2D eigenvalue weighted by molar-refractivity contribution is 0.356. The molecule has 0 radical (unpaired) electrons. The smallest absolute Gasteiger partial charge is 0.00670 e. The fraction of sp³-hybridized carbons (Fsp3) is 1.00. The molecule has 0 bridgehead atoms. The third-order valence-corrected chi connectivity index (χ3v) is 6.32. The largest absolute Gasteiger partial charge is 0.314 e. The molecule has 0 amide bonds. The summed E-state index contributed by atoms with van der Waals surface area (Å²) in [7, 11) is 0. The molecule has 2 rings (SSSR count). The van der Waals surface area contributed by atoms with E-state index in [0.29, 0.717) is 0 Å². The van der Waals surface area contributed by atoms with Gasteiger partial charge in [0, 0.05) is 6.04 Å². The van der Waals surface area contributed by atoms with Crippen molar-refractivity contribution < 1.29 is 0 Å². The van der Waals surface area contributed by atoms with Gasteiger partial charge in [-0.3, -0.25) is 0 Å². The molecule has 2 saturated carbocycles. The fourth-order valence-electron chi connectivity index (χ4n) is 4.69. The maximum atomic E-state index is 3.94. The normalized spacial score (nSPS) is 25.0. The lowest BCUT2D eigenvalue weighted by atomic mass is 9.92. The lowest BCUT2D eigenvalue weighted by Crippen LogP contribution is -2.31. The molecule has 2 aliphatic rings. The summed E-state index contributed by atoms with van der Waals surface area (Å²) in [4.78, 5) is 0. The predicted molar refractivity (Wildman–Crippen MR) is 103 cm³/mol. The highest BCUT2D eigenvalue weighted by atomic mass is 14.9. The quantitative estimate of drug-likeness (QED) is 0.587. The highest BCUT2D eigenvalue weighted by Crippen LogP contribution is 2.24. The first kappa shape index (κ1) is 19.3. The van der Waals surface area contributed by atoms with Gasteiger partial charge in [0.1, 0.15) is 0 Å². The number of hydrogen-bond donors (Lipinski definition) is 1. The minimum atomic E-state index is 0.829. The zero-order valence-electron chi connectivity index (χ0n) is 15.8. The molecule has 0 saturated heterocycles. The molecule has 1 heteroatoms. The Labute approximate surface area is 146 Å². The van der Waals surface area contributed by atoms with Crippen molar-refractivity contribution in [3.63, 3.8) is 0 Å². The highest BCUT2D eigenvalue weighted by molar-refractivity contribution is 4.71. The predicted octanol–water partition coefficient (Wildman–Crippen LogP) is 7.00. The summed E-state index contributed by atoms with van der Waals surface area (Å²) in [6.45, 7) is 1.29. The van der Waals surface area contributed by atoms with Gasteiger partial charge >= 0.3 is 0 Å². The van der Waals surface area contributed by atoms with E-state index in [1.54, 1.807) is 0 Å². The van der Waals surface area contributed by atoms with Gasteiger partial charge in [-0.25, -0.2) is 0 Å². The van der Waals surface area contributed by atoms with Crippen LogP contribution >= 0.6 is 0 Å². The van der Waals surface area contributed by atoms with E-state index in [1.807, 2.05) is 0 Å². The molecular formula is C22H43N. The van der Waals surface area contributed by atoms with Crippen LogP contribution in [0.15, 0.2) is 0 Å². The van der Waals surface area contributed by atoms with Crippen molar-refractivity contribution in [3.8, 4) is 0 Å². The summed E-state index contributed by atoms with van der Waals surface area (Å²) in [6.07, 6.45) is 28.1. The van der Waals surface area contributed by atoms with Gasteiger partial charge in [-0.05, 0) is 31.7 Å². The Kier molecular flexibility index (Phi) is 11.1. The topological polar surface area (TPSA) is 12.0 Å². The standard InChI is InChI=1S/C22H43N/c1-2-4-8-12-16-21(15-11-7-3-1)19-20-23-22-17-13-9-5-6-10-14-18-22/h21-23H,1-20H2. The Balaban J connectivity index is 1.62. The Hall–Kier alpha value is -0.0400. The fourth-order valence-corrected chi connectivity index (χ4v) is 4.69. The van der Waals surface area contributed by atoms with Crippen molar-refractivity contribution in [1.29, 1.82) is 0 Å². The minimum absolute atomic E-state index is 0.829. The number of hydrogen-bond acceptors (Lipinski definition) is 1. The van der Waals surface area contributed by atoms with Gasteiger partial charge in [0.2, 0.25) is 0 Å².